The van der Waals surface area contributed by atoms with Crippen molar-refractivity contribution in [3.63, 3.8) is 0 Å². The number of aromatic amines is 1. The normalized spacial score (nSPS) is 15.4. The van der Waals surface area contributed by atoms with Gasteiger partial charge in [0.2, 0.25) is 0 Å². The molecule has 1 aliphatic carbocycles. The van der Waals surface area contributed by atoms with Gasteiger partial charge < -0.3 is 19.8 Å². The molecule has 1 amide bonds. The van der Waals surface area contributed by atoms with Crippen molar-refractivity contribution in [2.24, 2.45) is 0 Å². The molecule has 45 heavy (non-hydrogen) atoms. The summed E-state index contributed by atoms with van der Waals surface area (Å²) in [6, 6.07) is 9.05. The molecule has 0 radical (unpaired) electrons. The first-order valence-electron chi connectivity index (χ1n) is 14.2. The van der Waals surface area contributed by atoms with Crippen LogP contribution in [0.3, 0.4) is 0 Å². The maximum absolute atomic E-state index is 13.3. The Morgan fingerprint density at radius 3 is 2.58 bits per heavy atom. The molecule has 1 saturated carbocycles. The predicted octanol–water partition coefficient (Wildman–Crippen LogP) is 5.83. The van der Waals surface area contributed by atoms with Crippen LogP contribution in [0.2, 0.25) is 0 Å². The summed E-state index contributed by atoms with van der Waals surface area (Å²) in [6.07, 6.45) is 9.80. The number of hydrogen-bond donors (Lipinski definition) is 4. The Balaban J connectivity index is 1.25. The number of hydrogen-bond acceptors (Lipinski definition) is 6. The van der Waals surface area contributed by atoms with Gasteiger partial charge >= 0.3 is 21.5 Å². The molecule has 2 aromatic carbocycles. The number of rotatable bonds is 9. The van der Waals surface area contributed by atoms with E-state index in [0.29, 0.717) is 22.0 Å². The van der Waals surface area contributed by atoms with E-state index in [1.54, 1.807) is 30.7 Å². The van der Waals surface area contributed by atoms with E-state index in [2.05, 4.69) is 10.3 Å². The molecule has 4 N–H and O–H groups in total. The lowest BCUT2D eigenvalue weighted by Gasteiger charge is -2.21. The Kier molecular flexibility index (Phi) is 7.81. The standard InChI is InChI=1S/C30H28F3N5O6S/c31-30(32,33)45(42,43)37-20-7-8-23-22(14-20)19(15-34-23)13-25(29(40)41)36-28(39)18-6-9-26-24(12-18)35-27(17-4-2-1-3-5-17)38(26)21-10-11-44-16-21/h6-12,14-17,25,34,37H,1-5,13H2,(H,36,39)(H,40,41)/t25-/m0/s1. The molecule has 11 nitrogen and oxygen atoms in total. The summed E-state index contributed by atoms with van der Waals surface area (Å²) in [5.41, 5.74) is -2.73. The molecule has 0 aliphatic heterocycles. The Labute approximate surface area is 254 Å². The zero-order valence-electron chi connectivity index (χ0n) is 23.6. The van der Waals surface area contributed by atoms with Crippen LogP contribution in [0.25, 0.3) is 27.6 Å². The van der Waals surface area contributed by atoms with Gasteiger partial charge in [-0.05, 0) is 54.8 Å². The second kappa shape index (κ2) is 11.6. The summed E-state index contributed by atoms with van der Waals surface area (Å²) in [7, 11) is -5.66. The third kappa shape index (κ3) is 5.99. The lowest BCUT2D eigenvalue weighted by molar-refractivity contribution is -0.139. The number of H-pyrrole nitrogens is 1. The highest BCUT2D eigenvalue weighted by molar-refractivity contribution is 7.93. The highest BCUT2D eigenvalue weighted by Crippen LogP contribution is 2.36. The van der Waals surface area contributed by atoms with Gasteiger partial charge in [-0.15, -0.1) is 0 Å². The molecular formula is C30H28F3N5O6S. The van der Waals surface area contributed by atoms with Crippen LogP contribution >= 0.6 is 0 Å². The van der Waals surface area contributed by atoms with E-state index >= 15 is 0 Å². The van der Waals surface area contributed by atoms with Crippen molar-refractivity contribution >= 4 is 49.5 Å². The van der Waals surface area contributed by atoms with Gasteiger partial charge in [0.05, 0.1) is 23.0 Å². The van der Waals surface area contributed by atoms with Gasteiger partial charge in [-0.1, -0.05) is 19.3 Å². The maximum Gasteiger partial charge on any atom is 0.516 e. The van der Waals surface area contributed by atoms with Gasteiger partial charge in [0.15, 0.2) is 0 Å². The van der Waals surface area contributed by atoms with Crippen LogP contribution in [-0.2, 0) is 21.2 Å². The minimum atomic E-state index is -5.66. The van der Waals surface area contributed by atoms with E-state index < -0.39 is 33.4 Å². The molecule has 5 aromatic rings. The minimum absolute atomic E-state index is 0.198. The molecule has 6 rings (SSSR count). The first-order valence-corrected chi connectivity index (χ1v) is 15.7. The molecule has 1 aliphatic rings. The number of halogens is 3. The fraction of sp³-hybridized carbons (Fsp3) is 0.300. The number of amides is 1. The highest BCUT2D eigenvalue weighted by Gasteiger charge is 2.46. The van der Waals surface area contributed by atoms with E-state index in [9.17, 15) is 36.3 Å². The van der Waals surface area contributed by atoms with E-state index in [-0.39, 0.29) is 23.6 Å². The van der Waals surface area contributed by atoms with Crippen molar-refractivity contribution in [3.8, 4) is 5.69 Å². The zero-order valence-corrected chi connectivity index (χ0v) is 24.4. The second-order valence-corrected chi connectivity index (χ2v) is 12.7. The number of alkyl halides is 3. The van der Waals surface area contributed by atoms with Crippen LogP contribution in [0.4, 0.5) is 18.9 Å². The van der Waals surface area contributed by atoms with Crippen LogP contribution < -0.4 is 10.0 Å². The van der Waals surface area contributed by atoms with Crippen LogP contribution in [0, 0.1) is 0 Å². The number of fused-ring (bicyclic) bond motifs is 2. The van der Waals surface area contributed by atoms with Crippen molar-refractivity contribution < 1.29 is 40.7 Å². The summed E-state index contributed by atoms with van der Waals surface area (Å²) >= 11 is 0. The van der Waals surface area contributed by atoms with E-state index in [1.807, 2.05) is 10.6 Å². The Bertz CT molecular complexity index is 1990. The SMILES string of the molecule is O=C(N[C@@H](Cc1c[nH]c2ccc(NS(=O)(=O)C(F)(F)F)cc12)C(=O)O)c1ccc2c(c1)nc(C1CCCCC1)n2-c1ccoc1. The molecule has 236 valence electrons. The summed E-state index contributed by atoms with van der Waals surface area (Å²) < 4.78 is 70.5. The summed E-state index contributed by atoms with van der Waals surface area (Å²) in [5, 5.41) is 12.7. The fourth-order valence-electron chi connectivity index (χ4n) is 5.82. The first kappa shape index (κ1) is 30.2. The van der Waals surface area contributed by atoms with E-state index in [0.717, 1.165) is 48.8 Å². The molecular weight excluding hydrogens is 615 g/mol. The van der Waals surface area contributed by atoms with Crippen molar-refractivity contribution in [3.05, 3.63) is 78.1 Å². The van der Waals surface area contributed by atoms with E-state index in [4.69, 9.17) is 9.40 Å². The number of aliphatic carboxylic acids is 1. The molecule has 0 unspecified atom stereocenters. The highest BCUT2D eigenvalue weighted by atomic mass is 32.2. The van der Waals surface area contributed by atoms with Crippen molar-refractivity contribution in [2.45, 2.75) is 56.0 Å². The number of carbonyl (C=O) groups excluding carboxylic acids is 1. The second-order valence-electron chi connectivity index (χ2n) is 11.0. The number of nitrogens with one attached hydrogen (secondary N) is 3. The maximum atomic E-state index is 13.3. The number of anilines is 1. The quantitative estimate of drug-likeness (QED) is 0.157. The van der Waals surface area contributed by atoms with Gasteiger partial charge in [-0.25, -0.2) is 9.78 Å². The van der Waals surface area contributed by atoms with Gasteiger partial charge in [-0.2, -0.15) is 21.6 Å². The number of imidazole rings is 1. The average Bonchev–Trinajstić information content (AvgIpc) is 3.75. The lowest BCUT2D eigenvalue weighted by atomic mass is 9.88. The van der Waals surface area contributed by atoms with Gasteiger partial charge in [0.1, 0.15) is 18.1 Å². The monoisotopic (exact) mass is 643 g/mol. The number of sulfonamides is 1. The fourth-order valence-corrected chi connectivity index (χ4v) is 6.37. The Hall–Kier alpha value is -4.79. The number of furan rings is 1. The minimum Gasteiger partial charge on any atom is -0.480 e. The third-order valence-electron chi connectivity index (χ3n) is 8.03. The smallest absolute Gasteiger partial charge is 0.480 e. The summed E-state index contributed by atoms with van der Waals surface area (Å²) in [4.78, 5) is 33.3. The molecule has 0 bridgehead atoms. The van der Waals surface area contributed by atoms with E-state index in [1.165, 1.54) is 29.5 Å². The van der Waals surface area contributed by atoms with Crippen molar-refractivity contribution in [1.29, 1.82) is 0 Å². The number of carboxylic acid groups (broad SMARTS) is 1. The van der Waals surface area contributed by atoms with Crippen LogP contribution in [0.15, 0.2) is 65.6 Å². The largest absolute Gasteiger partial charge is 0.516 e. The predicted molar refractivity (Wildman–Crippen MR) is 159 cm³/mol. The molecule has 1 atom stereocenters. The zero-order chi connectivity index (χ0) is 31.9. The van der Waals surface area contributed by atoms with Crippen LogP contribution in [0.5, 0.6) is 0 Å². The van der Waals surface area contributed by atoms with Gasteiger partial charge in [-0.3, -0.25) is 14.1 Å². The molecule has 0 spiro atoms. The average molecular weight is 644 g/mol. The third-order valence-corrected chi connectivity index (χ3v) is 9.14. The van der Waals surface area contributed by atoms with Crippen molar-refractivity contribution in [2.75, 3.05) is 4.72 Å². The molecule has 3 heterocycles. The topological polar surface area (TPSA) is 159 Å². The summed E-state index contributed by atoms with van der Waals surface area (Å²) in [5.74, 6) is -0.866. The molecule has 0 saturated heterocycles. The number of nitrogens with zero attached hydrogens (tertiary/aromatic N) is 2. The van der Waals surface area contributed by atoms with Gasteiger partial charge in [0.25, 0.3) is 5.91 Å². The van der Waals surface area contributed by atoms with Crippen LogP contribution in [-0.4, -0.2) is 51.5 Å². The number of carboxylic acids is 1. The first-order chi connectivity index (χ1) is 21.4. The Morgan fingerprint density at radius 1 is 1.11 bits per heavy atom. The Morgan fingerprint density at radius 2 is 1.89 bits per heavy atom. The molecule has 15 heteroatoms. The number of aromatic nitrogens is 3. The molecule has 3 aromatic heterocycles. The lowest BCUT2D eigenvalue weighted by Crippen LogP contribution is -2.42. The summed E-state index contributed by atoms with van der Waals surface area (Å²) in [6.45, 7) is 0. The van der Waals surface area contributed by atoms with Crippen LogP contribution in [0.1, 0.15) is 59.8 Å². The van der Waals surface area contributed by atoms with Gasteiger partial charge in [0, 0.05) is 46.8 Å². The number of benzene rings is 2. The van der Waals surface area contributed by atoms with Crippen molar-refractivity contribution in [1.82, 2.24) is 19.9 Å². The number of carbonyl (C=O) groups is 2. The molecule has 1 fully saturated rings.